The summed E-state index contributed by atoms with van der Waals surface area (Å²) in [6, 6.07) is 25.7. The number of fused-ring (bicyclic) bond motifs is 1. The Labute approximate surface area is 235 Å². The fourth-order valence-electron chi connectivity index (χ4n) is 4.50. The standard InChI is InChI=1S/C24H22FN5O2.C7H6O2/c1-15(17-3-2-4-18(25)11-17)32-23-10-9-22-27-13-21(30(22)28-23)16-5-7-20(8-6-16)29-14-19(26)12-24(29)31;8-7(9)6-4-2-1-3-5-6/h2-11,13,15,19H,12,14,26H2,1H3;1-5H,(H,8,9)/t15-,19+;/m1./s1. The van der Waals surface area contributed by atoms with Gasteiger partial charge in [-0.25, -0.2) is 18.7 Å². The Balaban J connectivity index is 0.000000321. The van der Waals surface area contributed by atoms with E-state index in [1.54, 1.807) is 58.1 Å². The Bertz CT molecular complexity index is 1670. The third-order valence-electron chi connectivity index (χ3n) is 6.60. The van der Waals surface area contributed by atoms with Gasteiger partial charge in [0.2, 0.25) is 11.8 Å². The lowest BCUT2D eigenvalue weighted by molar-refractivity contribution is -0.117. The molecule has 0 aliphatic carbocycles. The van der Waals surface area contributed by atoms with E-state index in [-0.39, 0.29) is 23.9 Å². The van der Waals surface area contributed by atoms with E-state index in [1.807, 2.05) is 43.3 Å². The Kier molecular flexibility index (Phi) is 8.02. The van der Waals surface area contributed by atoms with Crippen molar-refractivity contribution in [2.24, 2.45) is 5.73 Å². The molecule has 3 aromatic carbocycles. The number of amides is 1. The molecule has 10 heteroatoms. The van der Waals surface area contributed by atoms with Gasteiger partial charge in [-0.05, 0) is 55.0 Å². The van der Waals surface area contributed by atoms with Crippen molar-refractivity contribution < 1.29 is 23.8 Å². The molecule has 2 aromatic heterocycles. The first-order valence-corrected chi connectivity index (χ1v) is 13.0. The van der Waals surface area contributed by atoms with Crippen LogP contribution in [-0.4, -0.2) is 44.2 Å². The second-order valence-electron chi connectivity index (χ2n) is 9.59. The zero-order valence-corrected chi connectivity index (χ0v) is 22.2. The number of nitrogens with zero attached hydrogens (tertiary/aromatic N) is 4. The lowest BCUT2D eigenvalue weighted by Gasteiger charge is -2.16. The number of carboxylic acids is 1. The van der Waals surface area contributed by atoms with Crippen molar-refractivity contribution in [3.05, 3.63) is 114 Å². The van der Waals surface area contributed by atoms with Gasteiger partial charge >= 0.3 is 5.97 Å². The molecule has 9 nitrogen and oxygen atoms in total. The Hall–Kier alpha value is -5.09. The molecule has 0 saturated carbocycles. The van der Waals surface area contributed by atoms with Gasteiger partial charge in [0.1, 0.15) is 11.9 Å². The molecular weight excluding hydrogens is 525 g/mol. The lowest BCUT2D eigenvalue weighted by atomic mass is 10.1. The first-order chi connectivity index (χ1) is 19.8. The molecule has 0 spiro atoms. The Morgan fingerprint density at radius 2 is 1.80 bits per heavy atom. The van der Waals surface area contributed by atoms with Crippen LogP contribution in [0.25, 0.3) is 16.9 Å². The number of halogens is 1. The van der Waals surface area contributed by atoms with Gasteiger partial charge in [0.05, 0.1) is 17.5 Å². The average molecular weight is 554 g/mol. The van der Waals surface area contributed by atoms with Crippen molar-refractivity contribution in [1.82, 2.24) is 14.6 Å². The predicted molar refractivity (Wildman–Crippen MR) is 152 cm³/mol. The number of carbonyl (C=O) groups is 2. The molecule has 1 aliphatic heterocycles. The van der Waals surface area contributed by atoms with E-state index in [2.05, 4.69) is 10.1 Å². The number of benzene rings is 3. The maximum absolute atomic E-state index is 13.5. The van der Waals surface area contributed by atoms with Gasteiger partial charge in [-0.1, -0.05) is 42.5 Å². The molecule has 3 heterocycles. The van der Waals surface area contributed by atoms with Gasteiger partial charge < -0.3 is 20.5 Å². The summed E-state index contributed by atoms with van der Waals surface area (Å²) >= 11 is 0. The number of carboxylic acid groups (broad SMARTS) is 1. The van der Waals surface area contributed by atoms with E-state index in [0.717, 1.165) is 22.5 Å². The zero-order chi connectivity index (χ0) is 28.9. The molecule has 0 radical (unpaired) electrons. The number of rotatable bonds is 6. The molecule has 1 saturated heterocycles. The molecule has 208 valence electrons. The van der Waals surface area contributed by atoms with E-state index in [1.165, 1.54) is 12.1 Å². The van der Waals surface area contributed by atoms with Crippen LogP contribution in [0.3, 0.4) is 0 Å². The van der Waals surface area contributed by atoms with Crippen molar-refractivity contribution >= 4 is 23.2 Å². The van der Waals surface area contributed by atoms with Gasteiger partial charge in [0, 0.05) is 36.3 Å². The van der Waals surface area contributed by atoms with Gasteiger partial charge in [-0.15, -0.1) is 5.10 Å². The summed E-state index contributed by atoms with van der Waals surface area (Å²) in [5, 5.41) is 13.0. The van der Waals surface area contributed by atoms with Gasteiger partial charge in [-0.3, -0.25) is 4.79 Å². The van der Waals surface area contributed by atoms with Crippen molar-refractivity contribution in [1.29, 1.82) is 0 Å². The van der Waals surface area contributed by atoms with Gasteiger partial charge in [-0.2, -0.15) is 0 Å². The minimum absolute atomic E-state index is 0.0379. The monoisotopic (exact) mass is 553 g/mol. The van der Waals surface area contributed by atoms with E-state index in [4.69, 9.17) is 15.6 Å². The molecule has 2 atom stereocenters. The minimum Gasteiger partial charge on any atom is -0.478 e. The number of hydrogen-bond acceptors (Lipinski definition) is 6. The topological polar surface area (TPSA) is 123 Å². The summed E-state index contributed by atoms with van der Waals surface area (Å²) in [6.07, 6.45) is 1.75. The van der Waals surface area contributed by atoms with Crippen molar-refractivity contribution in [3.8, 4) is 17.1 Å². The molecule has 1 aliphatic rings. The second-order valence-corrected chi connectivity index (χ2v) is 9.59. The first-order valence-electron chi connectivity index (χ1n) is 13.0. The Morgan fingerprint density at radius 1 is 1.05 bits per heavy atom. The molecule has 5 aromatic rings. The number of carbonyl (C=O) groups excluding carboxylic acids is 1. The largest absolute Gasteiger partial charge is 0.478 e. The van der Waals surface area contributed by atoms with Crippen molar-refractivity contribution in [2.45, 2.75) is 25.5 Å². The van der Waals surface area contributed by atoms with Crippen LogP contribution in [0.4, 0.5) is 10.1 Å². The third-order valence-corrected chi connectivity index (χ3v) is 6.60. The number of hydrogen-bond donors (Lipinski definition) is 2. The summed E-state index contributed by atoms with van der Waals surface area (Å²) < 4.78 is 21.2. The maximum atomic E-state index is 13.5. The Morgan fingerprint density at radius 3 is 2.44 bits per heavy atom. The SMILES string of the molecule is C[C@@H](Oc1ccc2ncc(-c3ccc(N4C[C@@H](N)CC4=O)cc3)n2n1)c1cccc(F)c1.O=C(O)c1ccccc1. The summed E-state index contributed by atoms with van der Waals surface area (Å²) in [5.74, 6) is -0.743. The van der Waals surface area contributed by atoms with Crippen molar-refractivity contribution in [3.63, 3.8) is 0 Å². The number of aromatic carboxylic acids is 1. The van der Waals surface area contributed by atoms with E-state index < -0.39 is 5.97 Å². The van der Waals surface area contributed by atoms with Crippen LogP contribution < -0.4 is 15.4 Å². The highest BCUT2D eigenvalue weighted by Gasteiger charge is 2.28. The minimum atomic E-state index is -0.879. The van der Waals surface area contributed by atoms with E-state index in [9.17, 15) is 14.0 Å². The number of ether oxygens (including phenoxy) is 1. The molecule has 1 fully saturated rings. The molecule has 0 bridgehead atoms. The number of aromatic nitrogens is 3. The van der Waals surface area contributed by atoms with E-state index in [0.29, 0.717) is 30.1 Å². The summed E-state index contributed by atoms with van der Waals surface area (Å²) in [6.45, 7) is 2.37. The van der Waals surface area contributed by atoms with Gasteiger partial charge in [0.15, 0.2) is 5.65 Å². The highest BCUT2D eigenvalue weighted by atomic mass is 19.1. The zero-order valence-electron chi connectivity index (χ0n) is 22.2. The fraction of sp³-hybridized carbons (Fsp3) is 0.161. The number of anilines is 1. The predicted octanol–water partition coefficient (Wildman–Crippen LogP) is 5.12. The van der Waals surface area contributed by atoms with E-state index >= 15 is 0 Å². The molecule has 1 amide bonds. The smallest absolute Gasteiger partial charge is 0.335 e. The van der Waals surface area contributed by atoms with Crippen LogP contribution in [0.1, 0.15) is 35.4 Å². The number of imidazole rings is 1. The molecule has 41 heavy (non-hydrogen) atoms. The quantitative estimate of drug-likeness (QED) is 0.299. The van der Waals surface area contributed by atoms with Crippen LogP contribution in [0.15, 0.2) is 97.2 Å². The molecule has 3 N–H and O–H groups in total. The lowest BCUT2D eigenvalue weighted by Crippen LogP contribution is -2.27. The highest BCUT2D eigenvalue weighted by Crippen LogP contribution is 2.27. The fourth-order valence-corrected chi connectivity index (χ4v) is 4.50. The molecule has 6 rings (SSSR count). The van der Waals surface area contributed by atoms with Crippen LogP contribution in [0.5, 0.6) is 5.88 Å². The summed E-state index contributed by atoms with van der Waals surface area (Å²) in [5.41, 5.74) is 10.2. The summed E-state index contributed by atoms with van der Waals surface area (Å²) in [7, 11) is 0. The van der Waals surface area contributed by atoms with Crippen LogP contribution in [0, 0.1) is 5.82 Å². The molecule has 0 unspecified atom stereocenters. The summed E-state index contributed by atoms with van der Waals surface area (Å²) in [4.78, 5) is 28.4. The molecular formula is C31H28FN5O4. The first kappa shape index (κ1) is 27.5. The van der Waals surface area contributed by atoms with Crippen molar-refractivity contribution in [2.75, 3.05) is 11.4 Å². The maximum Gasteiger partial charge on any atom is 0.335 e. The highest BCUT2D eigenvalue weighted by molar-refractivity contribution is 5.96. The number of nitrogens with two attached hydrogens (primary N) is 1. The van der Waals surface area contributed by atoms with Gasteiger partial charge in [0.25, 0.3) is 0 Å². The van der Waals surface area contributed by atoms with Crippen LogP contribution in [-0.2, 0) is 4.79 Å². The normalized spacial score (nSPS) is 15.3. The third kappa shape index (κ3) is 6.39. The van der Waals surface area contributed by atoms with Crippen LogP contribution in [0.2, 0.25) is 0 Å². The average Bonchev–Trinajstić information content (AvgIpc) is 3.55. The second kappa shape index (κ2) is 12.0. The van der Waals surface area contributed by atoms with Crippen LogP contribution >= 0.6 is 0 Å².